The van der Waals surface area contributed by atoms with E-state index in [0.29, 0.717) is 6.07 Å². The fourth-order valence-electron chi connectivity index (χ4n) is 2.64. The third-order valence-corrected chi connectivity index (χ3v) is 5.75. The molecule has 3 rings (SSSR count). The van der Waals surface area contributed by atoms with Crippen LogP contribution in [-0.2, 0) is 26.4 Å². The summed E-state index contributed by atoms with van der Waals surface area (Å²) in [5, 5.41) is 17.1. The van der Waals surface area contributed by atoms with Crippen LogP contribution in [0.5, 0.6) is 5.75 Å². The smallest absolute Gasteiger partial charge is 0.416 e. The minimum Gasteiger partial charge on any atom is -0.505 e. The van der Waals surface area contributed by atoms with Crippen molar-refractivity contribution in [3.63, 3.8) is 0 Å². The van der Waals surface area contributed by atoms with Crippen molar-refractivity contribution < 1.29 is 44.2 Å². The number of nitrogens with zero attached hydrogens (tertiary/aromatic N) is 2. The molecule has 14 heteroatoms. The van der Waals surface area contributed by atoms with Gasteiger partial charge in [0.2, 0.25) is 0 Å². The quantitative estimate of drug-likeness (QED) is 0.371. The lowest BCUT2D eigenvalue weighted by Crippen LogP contribution is -2.03. The lowest BCUT2D eigenvalue weighted by Gasteiger charge is -2.10. The Labute approximate surface area is 173 Å². The maximum Gasteiger partial charge on any atom is 0.416 e. The standard InChI is InChI=1S/C17H11F3N2O7S2/c18-17(19,20)10-2-1-3-11(8-10)21-22-15-14(31(27,28)29)7-9-6-12(30(24,25)26)4-5-13(9)16(15)23/h1-8,23H,(H,24,25,26)(H,27,28,29). The van der Waals surface area contributed by atoms with Gasteiger partial charge >= 0.3 is 6.18 Å². The predicted octanol–water partition coefficient (Wildman–Crippen LogP) is 4.47. The monoisotopic (exact) mass is 476 g/mol. The number of azo groups is 1. The van der Waals surface area contributed by atoms with Crippen molar-refractivity contribution in [1.29, 1.82) is 0 Å². The summed E-state index contributed by atoms with van der Waals surface area (Å²) in [6.07, 6.45) is -4.67. The molecule has 164 valence electrons. The van der Waals surface area contributed by atoms with Gasteiger partial charge in [-0.2, -0.15) is 35.1 Å². The van der Waals surface area contributed by atoms with Crippen LogP contribution in [0.25, 0.3) is 10.8 Å². The molecule has 0 heterocycles. The third-order valence-electron chi connectivity index (χ3n) is 4.04. The van der Waals surface area contributed by atoms with E-state index in [2.05, 4.69) is 10.2 Å². The van der Waals surface area contributed by atoms with E-state index < -0.39 is 53.2 Å². The zero-order valence-corrected chi connectivity index (χ0v) is 16.6. The van der Waals surface area contributed by atoms with Crippen LogP contribution in [0.4, 0.5) is 24.5 Å². The number of aromatic hydroxyl groups is 1. The molecule has 0 aliphatic rings. The summed E-state index contributed by atoms with van der Waals surface area (Å²) in [5.41, 5.74) is -2.15. The number of benzene rings is 3. The van der Waals surface area contributed by atoms with Gasteiger partial charge < -0.3 is 5.11 Å². The third kappa shape index (κ3) is 4.82. The van der Waals surface area contributed by atoms with E-state index >= 15 is 0 Å². The highest BCUT2D eigenvalue weighted by Gasteiger charge is 2.30. The summed E-state index contributed by atoms with van der Waals surface area (Å²) < 4.78 is 103. The van der Waals surface area contributed by atoms with Crippen LogP contribution in [-0.4, -0.2) is 31.0 Å². The average Bonchev–Trinajstić information content (AvgIpc) is 2.65. The number of alkyl halides is 3. The van der Waals surface area contributed by atoms with Crippen molar-refractivity contribution in [1.82, 2.24) is 0 Å². The highest BCUT2D eigenvalue weighted by atomic mass is 32.2. The molecule has 9 nitrogen and oxygen atoms in total. The van der Waals surface area contributed by atoms with Gasteiger partial charge in [-0.15, -0.1) is 5.11 Å². The SMILES string of the molecule is O=S(=O)(O)c1ccc2c(O)c(N=Nc3cccc(C(F)(F)F)c3)c(S(=O)(=O)O)cc2c1. The van der Waals surface area contributed by atoms with Gasteiger partial charge in [0.05, 0.1) is 16.1 Å². The number of hydrogen-bond donors (Lipinski definition) is 3. The van der Waals surface area contributed by atoms with E-state index in [1.807, 2.05) is 0 Å². The molecular weight excluding hydrogens is 465 g/mol. The molecule has 0 bridgehead atoms. The molecular formula is C17H11F3N2O7S2. The van der Waals surface area contributed by atoms with Gasteiger partial charge in [-0.1, -0.05) is 6.07 Å². The molecule has 0 aliphatic carbocycles. The molecule has 0 unspecified atom stereocenters. The summed E-state index contributed by atoms with van der Waals surface area (Å²) in [6.45, 7) is 0. The zero-order chi connectivity index (χ0) is 23.2. The molecule has 3 N–H and O–H groups in total. The van der Waals surface area contributed by atoms with Gasteiger partial charge in [-0.05, 0) is 47.9 Å². The second-order valence-electron chi connectivity index (χ2n) is 6.15. The fourth-order valence-corrected chi connectivity index (χ4v) is 3.81. The summed E-state index contributed by atoms with van der Waals surface area (Å²) in [4.78, 5) is -1.60. The van der Waals surface area contributed by atoms with E-state index in [-0.39, 0.29) is 16.5 Å². The molecule has 0 aromatic heterocycles. The van der Waals surface area contributed by atoms with Crippen LogP contribution < -0.4 is 0 Å². The Kier molecular flexibility index (Phi) is 5.52. The number of halogens is 3. The molecule has 0 saturated carbocycles. The summed E-state index contributed by atoms with van der Waals surface area (Å²) in [6, 6.07) is 7.14. The van der Waals surface area contributed by atoms with Crippen molar-refractivity contribution in [2.45, 2.75) is 16.0 Å². The van der Waals surface area contributed by atoms with Gasteiger partial charge in [0.1, 0.15) is 10.6 Å². The van der Waals surface area contributed by atoms with Crippen LogP contribution in [0.3, 0.4) is 0 Å². The van der Waals surface area contributed by atoms with Crippen LogP contribution >= 0.6 is 0 Å². The van der Waals surface area contributed by atoms with Crippen molar-refractivity contribution in [2.75, 3.05) is 0 Å². The molecule has 0 fully saturated rings. The van der Waals surface area contributed by atoms with E-state index in [0.717, 1.165) is 42.5 Å². The summed E-state index contributed by atoms with van der Waals surface area (Å²) >= 11 is 0. The van der Waals surface area contributed by atoms with Crippen LogP contribution in [0.15, 0.2) is 68.6 Å². The molecule has 31 heavy (non-hydrogen) atoms. The topological polar surface area (TPSA) is 154 Å². The summed E-state index contributed by atoms with van der Waals surface area (Å²) in [7, 11) is -9.69. The van der Waals surface area contributed by atoms with Crippen molar-refractivity contribution in [3.8, 4) is 5.75 Å². The van der Waals surface area contributed by atoms with Gasteiger partial charge in [0.25, 0.3) is 20.2 Å². The van der Waals surface area contributed by atoms with Gasteiger partial charge in [-0.25, -0.2) is 0 Å². The maximum atomic E-state index is 12.8. The van der Waals surface area contributed by atoms with E-state index in [4.69, 9.17) is 4.55 Å². The number of hydrogen-bond acceptors (Lipinski definition) is 7. The number of rotatable bonds is 4. The molecule has 3 aromatic carbocycles. The molecule has 0 spiro atoms. The lowest BCUT2D eigenvalue weighted by atomic mass is 10.1. The average molecular weight is 476 g/mol. The highest BCUT2D eigenvalue weighted by molar-refractivity contribution is 7.86. The number of fused-ring (bicyclic) bond motifs is 1. The normalized spacial score (nSPS) is 13.2. The van der Waals surface area contributed by atoms with Crippen molar-refractivity contribution >= 4 is 42.4 Å². The maximum absolute atomic E-state index is 12.8. The molecule has 0 aliphatic heterocycles. The van der Waals surface area contributed by atoms with Gasteiger partial charge in [0, 0.05) is 5.39 Å². The summed E-state index contributed by atoms with van der Waals surface area (Å²) in [5.74, 6) is -0.845. The van der Waals surface area contributed by atoms with Crippen LogP contribution in [0, 0.1) is 0 Å². The molecule has 0 radical (unpaired) electrons. The first-order chi connectivity index (χ1) is 14.2. The first-order valence-corrected chi connectivity index (χ1v) is 10.9. The van der Waals surface area contributed by atoms with Crippen molar-refractivity contribution in [2.24, 2.45) is 10.2 Å². The van der Waals surface area contributed by atoms with Crippen molar-refractivity contribution in [3.05, 3.63) is 54.1 Å². The Hall–Kier alpha value is -3.07. The van der Waals surface area contributed by atoms with Gasteiger partial charge in [-0.3, -0.25) is 9.11 Å². The van der Waals surface area contributed by atoms with Gasteiger partial charge in [0.15, 0.2) is 5.75 Å². The minimum atomic E-state index is -5.04. The number of phenols is 1. The first-order valence-electron chi connectivity index (χ1n) is 8.01. The fraction of sp³-hybridized carbons (Fsp3) is 0.0588. The molecule has 0 saturated heterocycles. The Balaban J connectivity index is 2.22. The first kappa shape index (κ1) is 22.6. The molecule has 3 aromatic rings. The molecule has 0 amide bonds. The predicted molar refractivity (Wildman–Crippen MR) is 101 cm³/mol. The number of phenolic OH excluding ortho intramolecular Hbond substituents is 1. The van der Waals surface area contributed by atoms with E-state index in [1.54, 1.807) is 0 Å². The molecule has 0 atom stereocenters. The second-order valence-corrected chi connectivity index (χ2v) is 8.96. The zero-order valence-electron chi connectivity index (χ0n) is 14.9. The largest absolute Gasteiger partial charge is 0.505 e. The Morgan fingerprint density at radius 2 is 1.52 bits per heavy atom. The Morgan fingerprint density at radius 3 is 2.10 bits per heavy atom. The Bertz CT molecular complexity index is 1430. The van der Waals surface area contributed by atoms with E-state index in [9.17, 15) is 39.7 Å². The Morgan fingerprint density at radius 1 is 0.839 bits per heavy atom. The van der Waals surface area contributed by atoms with Crippen LogP contribution in [0.1, 0.15) is 5.56 Å². The highest BCUT2D eigenvalue weighted by Crippen LogP contribution is 2.42. The minimum absolute atomic E-state index is 0.127. The van der Waals surface area contributed by atoms with Crippen LogP contribution in [0.2, 0.25) is 0 Å². The lowest BCUT2D eigenvalue weighted by molar-refractivity contribution is -0.137. The second kappa shape index (κ2) is 7.56. The van der Waals surface area contributed by atoms with E-state index in [1.165, 1.54) is 0 Å².